The largest absolute Gasteiger partial charge is 0.433 e. The molecule has 6 heteroatoms. The van der Waals surface area contributed by atoms with E-state index < -0.39 is 11.9 Å². The van der Waals surface area contributed by atoms with Gasteiger partial charge in [-0.3, -0.25) is 0 Å². The van der Waals surface area contributed by atoms with Gasteiger partial charge in [-0.1, -0.05) is 52.2 Å². The number of hydrogen-bond acceptors (Lipinski definition) is 6. The molecule has 0 aliphatic rings. The second kappa shape index (κ2) is 12.6. The van der Waals surface area contributed by atoms with E-state index in [1.165, 1.54) is 24.8 Å². The Morgan fingerprint density at radius 1 is 0.733 bits per heavy atom. The van der Waals surface area contributed by atoms with Crippen LogP contribution in [0.25, 0.3) is 0 Å². The molecule has 174 valence electrons. The first kappa shape index (κ1) is 26.9. The molecule has 0 aromatic heterocycles. The fourth-order valence-electron chi connectivity index (χ4n) is 3.43. The van der Waals surface area contributed by atoms with Crippen molar-refractivity contribution in [3.05, 3.63) is 29.8 Å². The standard InChI is InChI=1S/C24H42O6/c1-8-13-14-19-22(6,7)20-15-17-21(18-16-20)30-24(28-11-4,29-12-5)23(25,26-9-2)27-10-3/h15-18,25H,8-14,19H2,1-7H3. The smallest absolute Gasteiger partial charge is 0.414 e. The normalized spacial score (nSPS) is 12.9. The van der Waals surface area contributed by atoms with E-state index >= 15 is 0 Å². The molecule has 30 heavy (non-hydrogen) atoms. The van der Waals surface area contributed by atoms with E-state index in [0.29, 0.717) is 5.75 Å². The fourth-order valence-corrected chi connectivity index (χ4v) is 3.43. The van der Waals surface area contributed by atoms with Crippen LogP contribution in [0, 0.1) is 0 Å². The van der Waals surface area contributed by atoms with Gasteiger partial charge in [0.1, 0.15) is 5.75 Å². The second-order valence-corrected chi connectivity index (χ2v) is 7.84. The number of unbranched alkanes of at least 4 members (excludes halogenated alkanes) is 2. The topological polar surface area (TPSA) is 66.4 Å². The van der Waals surface area contributed by atoms with Crippen LogP contribution < -0.4 is 4.74 Å². The number of ether oxygens (including phenoxy) is 5. The Labute approximate surface area is 182 Å². The van der Waals surface area contributed by atoms with E-state index in [-0.39, 0.29) is 31.8 Å². The minimum atomic E-state index is -2.22. The van der Waals surface area contributed by atoms with Crippen LogP contribution in [0.5, 0.6) is 5.75 Å². The molecule has 0 atom stereocenters. The first-order valence-electron chi connectivity index (χ1n) is 11.3. The Balaban J connectivity index is 3.17. The molecule has 1 aromatic rings. The van der Waals surface area contributed by atoms with E-state index in [2.05, 4.69) is 20.8 Å². The number of benzene rings is 1. The van der Waals surface area contributed by atoms with Crippen LogP contribution in [0.15, 0.2) is 24.3 Å². The average molecular weight is 427 g/mol. The van der Waals surface area contributed by atoms with Crippen molar-refractivity contribution in [3.63, 3.8) is 0 Å². The lowest BCUT2D eigenvalue weighted by Gasteiger charge is -2.42. The minimum absolute atomic E-state index is 0.0714. The summed E-state index contributed by atoms with van der Waals surface area (Å²) >= 11 is 0. The molecule has 1 aromatic carbocycles. The van der Waals surface area contributed by atoms with E-state index in [9.17, 15) is 5.11 Å². The number of aliphatic hydroxyl groups is 1. The van der Waals surface area contributed by atoms with E-state index in [1.54, 1.807) is 27.7 Å². The highest BCUT2D eigenvalue weighted by Crippen LogP contribution is 2.36. The maximum absolute atomic E-state index is 11.1. The molecule has 0 bridgehead atoms. The second-order valence-electron chi connectivity index (χ2n) is 7.84. The average Bonchev–Trinajstić information content (AvgIpc) is 2.69. The van der Waals surface area contributed by atoms with Gasteiger partial charge in [0.2, 0.25) is 0 Å². The molecule has 0 spiro atoms. The Morgan fingerprint density at radius 3 is 1.67 bits per heavy atom. The predicted molar refractivity (Wildman–Crippen MR) is 118 cm³/mol. The zero-order valence-corrected chi connectivity index (χ0v) is 20.0. The lowest BCUT2D eigenvalue weighted by atomic mass is 9.80. The Hall–Kier alpha value is -1.18. The molecule has 0 unspecified atom stereocenters. The number of hydrogen-bond donors (Lipinski definition) is 1. The van der Waals surface area contributed by atoms with Gasteiger partial charge in [-0.05, 0) is 57.2 Å². The minimum Gasteiger partial charge on any atom is -0.433 e. The van der Waals surface area contributed by atoms with Crippen LogP contribution in [-0.2, 0) is 24.4 Å². The van der Waals surface area contributed by atoms with Crippen LogP contribution in [0.4, 0.5) is 0 Å². The van der Waals surface area contributed by atoms with Crippen LogP contribution >= 0.6 is 0 Å². The van der Waals surface area contributed by atoms with Crippen molar-refractivity contribution in [3.8, 4) is 5.75 Å². The van der Waals surface area contributed by atoms with Gasteiger partial charge >= 0.3 is 11.9 Å². The van der Waals surface area contributed by atoms with Gasteiger partial charge in [0.25, 0.3) is 0 Å². The lowest BCUT2D eigenvalue weighted by Crippen LogP contribution is -2.64. The summed E-state index contributed by atoms with van der Waals surface area (Å²) in [5, 5.41) is 11.1. The zero-order chi connectivity index (χ0) is 22.7. The van der Waals surface area contributed by atoms with Crippen molar-refractivity contribution in [1.82, 2.24) is 0 Å². The van der Waals surface area contributed by atoms with Crippen molar-refractivity contribution in [1.29, 1.82) is 0 Å². The molecule has 0 amide bonds. The summed E-state index contributed by atoms with van der Waals surface area (Å²) in [5.41, 5.74) is 1.30. The third kappa shape index (κ3) is 6.92. The van der Waals surface area contributed by atoms with Gasteiger partial charge in [-0.2, -0.15) is 0 Å². The molecule has 0 saturated carbocycles. The summed E-state index contributed by atoms with van der Waals surface area (Å²) in [4.78, 5) is 0. The van der Waals surface area contributed by atoms with Crippen LogP contribution in [0.1, 0.15) is 79.7 Å². The quantitative estimate of drug-likeness (QED) is 0.283. The molecule has 6 nitrogen and oxygen atoms in total. The molecule has 0 aliphatic carbocycles. The summed E-state index contributed by atoms with van der Waals surface area (Å²) in [7, 11) is 0. The van der Waals surface area contributed by atoms with Crippen LogP contribution in [-0.4, -0.2) is 43.5 Å². The first-order valence-corrected chi connectivity index (χ1v) is 11.3. The maximum atomic E-state index is 11.1. The van der Waals surface area contributed by atoms with Gasteiger partial charge in [0.15, 0.2) is 0 Å². The van der Waals surface area contributed by atoms with E-state index in [0.717, 1.165) is 6.42 Å². The summed E-state index contributed by atoms with van der Waals surface area (Å²) in [5.74, 6) is -3.69. The summed E-state index contributed by atoms with van der Waals surface area (Å²) < 4.78 is 28.6. The molecular formula is C24H42O6. The van der Waals surface area contributed by atoms with Crippen LogP contribution in [0.2, 0.25) is 0 Å². The van der Waals surface area contributed by atoms with Gasteiger partial charge in [0, 0.05) is 13.2 Å². The van der Waals surface area contributed by atoms with Crippen molar-refractivity contribution >= 4 is 0 Å². The van der Waals surface area contributed by atoms with Crippen LogP contribution in [0.3, 0.4) is 0 Å². The Kier molecular flexibility index (Phi) is 11.3. The van der Waals surface area contributed by atoms with Gasteiger partial charge in [-0.15, -0.1) is 0 Å². The molecule has 1 rings (SSSR count). The Morgan fingerprint density at radius 2 is 1.23 bits per heavy atom. The highest BCUT2D eigenvalue weighted by Gasteiger charge is 2.60. The third-order valence-electron chi connectivity index (χ3n) is 5.03. The van der Waals surface area contributed by atoms with E-state index in [1.807, 2.05) is 24.3 Å². The zero-order valence-electron chi connectivity index (χ0n) is 20.0. The third-order valence-corrected chi connectivity index (χ3v) is 5.03. The van der Waals surface area contributed by atoms with Crippen molar-refractivity contribution in [2.24, 2.45) is 0 Å². The molecule has 0 saturated heterocycles. The van der Waals surface area contributed by atoms with E-state index in [4.69, 9.17) is 23.7 Å². The molecule has 1 N–H and O–H groups in total. The fraction of sp³-hybridized carbons (Fsp3) is 0.750. The predicted octanol–water partition coefficient (Wildman–Crippen LogP) is 5.37. The maximum Gasteiger partial charge on any atom is 0.414 e. The number of rotatable bonds is 16. The Bertz CT molecular complexity index is 572. The summed E-state index contributed by atoms with van der Waals surface area (Å²) in [6.45, 7) is 14.6. The molecule has 0 heterocycles. The lowest BCUT2D eigenvalue weighted by molar-refractivity contribution is -0.535. The highest BCUT2D eigenvalue weighted by molar-refractivity contribution is 5.32. The van der Waals surface area contributed by atoms with Gasteiger partial charge in [0.05, 0.1) is 13.2 Å². The highest BCUT2D eigenvalue weighted by atomic mass is 17.0. The summed E-state index contributed by atoms with van der Waals surface area (Å²) in [6.07, 6.45) is 4.78. The molecular weight excluding hydrogens is 384 g/mol. The molecule has 0 fully saturated rings. The molecule has 0 aliphatic heterocycles. The SMILES string of the molecule is CCCCCC(C)(C)c1ccc(OC(OCC)(OCC)C(O)(OCC)OCC)cc1. The van der Waals surface area contributed by atoms with Crippen molar-refractivity contribution in [2.75, 3.05) is 26.4 Å². The molecule has 0 radical (unpaired) electrons. The summed E-state index contributed by atoms with van der Waals surface area (Å²) in [6, 6.07) is 7.82. The van der Waals surface area contributed by atoms with Gasteiger partial charge < -0.3 is 28.8 Å². The van der Waals surface area contributed by atoms with Crippen molar-refractivity contribution < 1.29 is 28.8 Å². The monoisotopic (exact) mass is 426 g/mol. The first-order chi connectivity index (χ1) is 14.2. The van der Waals surface area contributed by atoms with Crippen molar-refractivity contribution in [2.45, 2.75) is 91.5 Å². The van der Waals surface area contributed by atoms with Gasteiger partial charge in [-0.25, -0.2) is 0 Å².